The van der Waals surface area contributed by atoms with Gasteiger partial charge in [0, 0.05) is 6.42 Å². The van der Waals surface area contributed by atoms with Crippen molar-refractivity contribution in [1.82, 2.24) is 4.90 Å². The van der Waals surface area contributed by atoms with Gasteiger partial charge in [0.25, 0.3) is 0 Å². The Morgan fingerprint density at radius 3 is 2.50 bits per heavy atom. The van der Waals surface area contributed by atoms with Crippen LogP contribution >= 0.6 is 0 Å². The minimum atomic E-state index is -1.22. The second kappa shape index (κ2) is 5.54. The Kier molecular flexibility index (Phi) is 4.53. The Morgan fingerprint density at radius 1 is 1.39 bits per heavy atom. The van der Waals surface area contributed by atoms with E-state index in [4.69, 9.17) is 9.47 Å². The molecule has 0 spiro atoms. The zero-order valence-electron chi connectivity index (χ0n) is 11.2. The predicted molar refractivity (Wildman–Crippen MR) is 62.9 cm³/mol. The smallest absolute Gasteiger partial charge is 0.411 e. The highest BCUT2D eigenvalue weighted by Crippen LogP contribution is 2.24. The van der Waals surface area contributed by atoms with Crippen molar-refractivity contribution in [1.29, 1.82) is 0 Å². The molecule has 0 aromatic rings. The largest absolute Gasteiger partial charge is 0.464 e. The Labute approximate surface area is 106 Å². The van der Waals surface area contributed by atoms with E-state index < -0.39 is 29.9 Å². The van der Waals surface area contributed by atoms with Crippen LogP contribution < -0.4 is 0 Å². The highest BCUT2D eigenvalue weighted by atomic mass is 19.1. The lowest BCUT2D eigenvalue weighted by atomic mass is 10.2. The van der Waals surface area contributed by atoms with Crippen LogP contribution in [0.1, 0.15) is 34.1 Å². The molecule has 0 unspecified atom stereocenters. The molecule has 5 nitrogen and oxygen atoms in total. The number of rotatable bonds is 2. The molecule has 18 heavy (non-hydrogen) atoms. The second-order valence-electron chi connectivity index (χ2n) is 5.23. The van der Waals surface area contributed by atoms with Gasteiger partial charge in [0.15, 0.2) is 0 Å². The normalized spacial score (nSPS) is 23.9. The summed E-state index contributed by atoms with van der Waals surface area (Å²) in [5.74, 6) is -0.580. The molecular formula is C12H20FNO4. The van der Waals surface area contributed by atoms with E-state index >= 15 is 0 Å². The van der Waals surface area contributed by atoms with E-state index in [-0.39, 0.29) is 19.6 Å². The summed E-state index contributed by atoms with van der Waals surface area (Å²) in [6, 6.07) is -0.880. The summed E-state index contributed by atoms with van der Waals surface area (Å²) in [5.41, 5.74) is -0.676. The van der Waals surface area contributed by atoms with Gasteiger partial charge in [-0.1, -0.05) is 0 Å². The number of nitrogens with zero attached hydrogens (tertiary/aromatic N) is 1. The van der Waals surface area contributed by atoms with Gasteiger partial charge in [-0.15, -0.1) is 0 Å². The molecule has 1 heterocycles. The minimum absolute atomic E-state index is 0.0297. The van der Waals surface area contributed by atoms with Crippen molar-refractivity contribution >= 4 is 12.1 Å². The standard InChI is InChI=1S/C12H20FNO4/c1-5-17-10(15)9-6-8(13)7-14(9)11(16)18-12(2,3)4/h8-9H,5-7H2,1-4H3/t8-,9-/m0/s1. The first-order chi connectivity index (χ1) is 8.24. The lowest BCUT2D eigenvalue weighted by Crippen LogP contribution is -2.44. The van der Waals surface area contributed by atoms with Crippen LogP contribution in [-0.2, 0) is 14.3 Å². The zero-order chi connectivity index (χ0) is 13.9. The number of carbonyl (C=O) groups excluding carboxylic acids is 2. The van der Waals surface area contributed by atoms with Gasteiger partial charge in [-0.2, -0.15) is 0 Å². The van der Waals surface area contributed by atoms with E-state index in [1.54, 1.807) is 27.7 Å². The molecule has 1 rings (SSSR count). The quantitative estimate of drug-likeness (QED) is 0.712. The van der Waals surface area contributed by atoms with Gasteiger partial charge in [0.1, 0.15) is 17.8 Å². The molecule has 0 aliphatic carbocycles. The monoisotopic (exact) mass is 261 g/mol. The van der Waals surface area contributed by atoms with Crippen LogP contribution in [0.5, 0.6) is 0 Å². The fourth-order valence-corrected chi connectivity index (χ4v) is 1.77. The number of carbonyl (C=O) groups is 2. The molecule has 0 N–H and O–H groups in total. The van der Waals surface area contributed by atoms with E-state index in [0.29, 0.717) is 0 Å². The first kappa shape index (κ1) is 14.7. The fraction of sp³-hybridized carbons (Fsp3) is 0.833. The Hall–Kier alpha value is -1.33. The average Bonchev–Trinajstić information content (AvgIpc) is 2.58. The van der Waals surface area contributed by atoms with Crippen LogP contribution in [0, 0.1) is 0 Å². The molecule has 0 aromatic carbocycles. The highest BCUT2D eigenvalue weighted by molar-refractivity contribution is 5.82. The number of alkyl halides is 1. The molecule has 0 aromatic heterocycles. The van der Waals surface area contributed by atoms with E-state index in [0.717, 1.165) is 4.90 Å². The fourth-order valence-electron chi connectivity index (χ4n) is 1.77. The molecular weight excluding hydrogens is 241 g/mol. The van der Waals surface area contributed by atoms with Crippen molar-refractivity contribution < 1.29 is 23.5 Å². The predicted octanol–water partition coefficient (Wildman–Crippen LogP) is 1.90. The zero-order valence-corrected chi connectivity index (χ0v) is 11.2. The average molecular weight is 261 g/mol. The number of halogens is 1. The number of hydrogen-bond donors (Lipinski definition) is 0. The molecule has 104 valence electrons. The third-order valence-corrected chi connectivity index (χ3v) is 2.44. The molecule has 0 radical (unpaired) electrons. The van der Waals surface area contributed by atoms with Crippen LogP contribution in [0.15, 0.2) is 0 Å². The van der Waals surface area contributed by atoms with Gasteiger partial charge >= 0.3 is 12.1 Å². The number of esters is 1. The van der Waals surface area contributed by atoms with E-state index in [9.17, 15) is 14.0 Å². The summed E-state index contributed by atoms with van der Waals surface area (Å²) < 4.78 is 23.3. The van der Waals surface area contributed by atoms with Crippen LogP contribution in [-0.4, -0.2) is 47.9 Å². The molecule has 1 aliphatic heterocycles. The molecule has 6 heteroatoms. The van der Waals surface area contributed by atoms with Crippen molar-refractivity contribution in [2.45, 2.75) is 51.9 Å². The van der Waals surface area contributed by atoms with Crippen molar-refractivity contribution in [2.75, 3.05) is 13.2 Å². The van der Waals surface area contributed by atoms with E-state index in [1.807, 2.05) is 0 Å². The number of ether oxygens (including phenoxy) is 2. The van der Waals surface area contributed by atoms with Crippen LogP contribution in [0.2, 0.25) is 0 Å². The third-order valence-electron chi connectivity index (χ3n) is 2.44. The van der Waals surface area contributed by atoms with Gasteiger partial charge in [0.05, 0.1) is 13.2 Å². The van der Waals surface area contributed by atoms with E-state index in [1.165, 1.54) is 0 Å². The van der Waals surface area contributed by atoms with Gasteiger partial charge in [0.2, 0.25) is 0 Å². The Morgan fingerprint density at radius 2 is 2.00 bits per heavy atom. The lowest BCUT2D eigenvalue weighted by Gasteiger charge is -2.27. The first-order valence-electron chi connectivity index (χ1n) is 6.05. The number of hydrogen-bond acceptors (Lipinski definition) is 4. The van der Waals surface area contributed by atoms with Crippen LogP contribution in [0.4, 0.5) is 9.18 Å². The van der Waals surface area contributed by atoms with Gasteiger partial charge < -0.3 is 9.47 Å². The maximum Gasteiger partial charge on any atom is 0.411 e. The summed E-state index contributed by atoms with van der Waals surface area (Å²) in [5, 5.41) is 0. The minimum Gasteiger partial charge on any atom is -0.464 e. The van der Waals surface area contributed by atoms with Gasteiger partial charge in [-0.05, 0) is 27.7 Å². The third kappa shape index (κ3) is 3.85. The topological polar surface area (TPSA) is 55.8 Å². The number of amides is 1. The molecule has 0 bridgehead atoms. The van der Waals surface area contributed by atoms with E-state index in [2.05, 4.69) is 0 Å². The van der Waals surface area contributed by atoms with Gasteiger partial charge in [-0.25, -0.2) is 14.0 Å². The summed E-state index contributed by atoms with van der Waals surface area (Å²) in [6.07, 6.45) is -1.93. The maximum atomic E-state index is 13.4. The summed E-state index contributed by atoms with van der Waals surface area (Å²) in [6.45, 7) is 6.89. The van der Waals surface area contributed by atoms with Crippen molar-refractivity contribution in [2.24, 2.45) is 0 Å². The molecule has 2 atom stereocenters. The molecule has 1 saturated heterocycles. The van der Waals surface area contributed by atoms with Gasteiger partial charge in [-0.3, -0.25) is 4.90 Å². The summed E-state index contributed by atoms with van der Waals surface area (Å²) >= 11 is 0. The second-order valence-corrected chi connectivity index (χ2v) is 5.23. The SMILES string of the molecule is CCOC(=O)[C@@H]1C[C@H](F)CN1C(=O)OC(C)(C)C. The highest BCUT2D eigenvalue weighted by Gasteiger charge is 2.42. The maximum absolute atomic E-state index is 13.4. The lowest BCUT2D eigenvalue weighted by molar-refractivity contribution is -0.148. The van der Waals surface area contributed by atoms with Crippen molar-refractivity contribution in [3.8, 4) is 0 Å². The first-order valence-corrected chi connectivity index (χ1v) is 6.05. The molecule has 1 aliphatic rings. The molecule has 1 fully saturated rings. The summed E-state index contributed by atoms with van der Waals surface area (Å²) in [7, 11) is 0. The van der Waals surface area contributed by atoms with Crippen LogP contribution in [0.25, 0.3) is 0 Å². The Bertz CT molecular complexity index is 327. The van der Waals surface area contributed by atoms with Crippen molar-refractivity contribution in [3.63, 3.8) is 0 Å². The van der Waals surface area contributed by atoms with Crippen LogP contribution in [0.3, 0.4) is 0 Å². The number of likely N-dealkylation sites (tertiary alicyclic amines) is 1. The van der Waals surface area contributed by atoms with Crippen molar-refractivity contribution in [3.05, 3.63) is 0 Å². The molecule has 0 saturated carbocycles. The molecule has 1 amide bonds. The Balaban J connectivity index is 2.72. The summed E-state index contributed by atoms with van der Waals surface area (Å²) in [4.78, 5) is 24.6.